The van der Waals surface area contributed by atoms with Gasteiger partial charge < -0.3 is 5.32 Å². The van der Waals surface area contributed by atoms with Crippen molar-refractivity contribution in [3.05, 3.63) is 18.2 Å². The number of unbranched alkanes of at least 4 members (excludes halogenated alkanes) is 1. The fraction of sp³-hybridized carbons (Fsp3) is 0.588. The first-order valence-corrected chi connectivity index (χ1v) is 10.3. The summed E-state index contributed by atoms with van der Waals surface area (Å²) in [5.74, 6) is -0.312. The lowest BCUT2D eigenvalue weighted by atomic mass is 10.2. The third-order valence-corrected chi connectivity index (χ3v) is 6.18. The van der Waals surface area contributed by atoms with Gasteiger partial charge in [-0.05, 0) is 38.0 Å². The van der Waals surface area contributed by atoms with E-state index >= 15 is 0 Å². The molecule has 0 saturated carbocycles. The number of hydrogen-bond acceptors (Lipinski definition) is 5. The van der Waals surface area contributed by atoms with Crippen molar-refractivity contribution in [2.45, 2.75) is 51.0 Å². The van der Waals surface area contributed by atoms with Crippen molar-refractivity contribution >= 4 is 27.0 Å². The van der Waals surface area contributed by atoms with Gasteiger partial charge in [-0.3, -0.25) is 4.79 Å². The first kappa shape index (κ1) is 20.3. The van der Waals surface area contributed by atoms with Gasteiger partial charge >= 0.3 is 0 Å². The Labute approximate surface area is 154 Å². The molecular formula is C17H27N5O3S. The first-order chi connectivity index (χ1) is 12.3. The van der Waals surface area contributed by atoms with E-state index in [1.807, 2.05) is 13.8 Å². The Hall–Kier alpha value is -2.00. The largest absolute Gasteiger partial charge is 0.355 e. The highest BCUT2D eigenvalue weighted by atomic mass is 32.2. The number of hydrogen-bond donors (Lipinski definition) is 1. The highest BCUT2D eigenvalue weighted by Crippen LogP contribution is 2.22. The van der Waals surface area contributed by atoms with E-state index in [1.165, 1.54) is 19.2 Å². The molecule has 0 aliphatic carbocycles. The van der Waals surface area contributed by atoms with Crippen molar-refractivity contribution in [3.63, 3.8) is 0 Å². The summed E-state index contributed by atoms with van der Waals surface area (Å²) in [5, 5.41) is 10.9. The fourth-order valence-electron chi connectivity index (χ4n) is 2.51. The molecule has 0 unspecified atom stereocenters. The number of likely N-dealkylation sites (N-methyl/N-ethyl adjacent to an activating group) is 1. The molecule has 1 heterocycles. The normalized spacial score (nSPS) is 13.3. The molecule has 0 aliphatic heterocycles. The second kappa shape index (κ2) is 8.59. The van der Waals surface area contributed by atoms with E-state index in [2.05, 4.69) is 22.6 Å². The Morgan fingerprint density at radius 2 is 2.08 bits per heavy atom. The van der Waals surface area contributed by atoms with Crippen LogP contribution < -0.4 is 5.32 Å². The third-order valence-electron chi connectivity index (χ3n) is 4.38. The topological polar surface area (TPSA) is 97.2 Å². The molecule has 9 heteroatoms. The molecule has 1 atom stereocenters. The summed E-state index contributed by atoms with van der Waals surface area (Å²) in [4.78, 5) is 12.0. The number of benzene rings is 1. The molecule has 0 aliphatic rings. The monoisotopic (exact) mass is 381 g/mol. The minimum absolute atomic E-state index is 0.102. The van der Waals surface area contributed by atoms with Crippen LogP contribution in [0.4, 0.5) is 0 Å². The third kappa shape index (κ3) is 4.39. The van der Waals surface area contributed by atoms with Gasteiger partial charge in [0, 0.05) is 13.6 Å². The average molecular weight is 382 g/mol. The van der Waals surface area contributed by atoms with E-state index in [-0.39, 0.29) is 23.4 Å². The van der Waals surface area contributed by atoms with Crippen LogP contribution in [0.15, 0.2) is 23.1 Å². The fourth-order valence-corrected chi connectivity index (χ4v) is 3.66. The summed E-state index contributed by atoms with van der Waals surface area (Å²) >= 11 is 0. The molecule has 0 bridgehead atoms. The molecule has 26 heavy (non-hydrogen) atoms. The molecule has 8 nitrogen and oxygen atoms in total. The summed E-state index contributed by atoms with van der Waals surface area (Å²) < 4.78 is 28.3. The number of carbonyl (C=O) groups is 1. The minimum Gasteiger partial charge on any atom is -0.355 e. The zero-order chi connectivity index (χ0) is 19.3. The standard InChI is InChI=1S/C17H27N5O3S/c1-5-7-10-18-17(23)12-21(4)26(24,25)14-8-9-16-15(11-14)19-20-22(16)13(3)6-2/h8-9,11,13H,5-7,10,12H2,1-4H3,(H,18,23)/t13-/m0/s1. The van der Waals surface area contributed by atoms with Gasteiger partial charge in [0.2, 0.25) is 15.9 Å². The van der Waals surface area contributed by atoms with Crippen molar-refractivity contribution in [3.8, 4) is 0 Å². The molecule has 0 saturated heterocycles. The maximum absolute atomic E-state index is 12.7. The van der Waals surface area contributed by atoms with Crippen LogP contribution in [0.25, 0.3) is 11.0 Å². The average Bonchev–Trinajstić information content (AvgIpc) is 3.04. The summed E-state index contributed by atoms with van der Waals surface area (Å²) in [6.45, 7) is 6.44. The highest BCUT2D eigenvalue weighted by Gasteiger charge is 2.24. The second-order valence-electron chi connectivity index (χ2n) is 6.41. The predicted molar refractivity (Wildman–Crippen MR) is 100 cm³/mol. The molecule has 1 aromatic heterocycles. The van der Waals surface area contributed by atoms with Crippen LogP contribution in [0.1, 0.15) is 46.1 Å². The quantitative estimate of drug-likeness (QED) is 0.670. The van der Waals surface area contributed by atoms with E-state index in [0.29, 0.717) is 12.1 Å². The number of carbonyl (C=O) groups excluding carboxylic acids is 1. The second-order valence-corrected chi connectivity index (χ2v) is 8.45. The highest BCUT2D eigenvalue weighted by molar-refractivity contribution is 7.89. The van der Waals surface area contributed by atoms with E-state index in [0.717, 1.165) is 29.1 Å². The van der Waals surface area contributed by atoms with Crippen LogP contribution in [0.3, 0.4) is 0 Å². The molecule has 2 rings (SSSR count). The number of aromatic nitrogens is 3. The van der Waals surface area contributed by atoms with Crippen molar-refractivity contribution in [1.29, 1.82) is 0 Å². The number of fused-ring (bicyclic) bond motifs is 1. The van der Waals surface area contributed by atoms with Crippen molar-refractivity contribution in [1.82, 2.24) is 24.6 Å². The zero-order valence-electron chi connectivity index (χ0n) is 15.8. The number of rotatable bonds is 9. The number of nitrogens with zero attached hydrogens (tertiary/aromatic N) is 4. The van der Waals surface area contributed by atoms with Gasteiger partial charge in [0.05, 0.1) is 23.0 Å². The van der Waals surface area contributed by atoms with E-state index in [9.17, 15) is 13.2 Å². The molecule has 0 spiro atoms. The van der Waals surface area contributed by atoms with Gasteiger partial charge in [-0.25, -0.2) is 13.1 Å². The smallest absolute Gasteiger partial charge is 0.243 e. The molecule has 1 aromatic carbocycles. The predicted octanol–water partition coefficient (Wildman–Crippen LogP) is 1.94. The molecule has 1 amide bonds. The van der Waals surface area contributed by atoms with Gasteiger partial charge in [0.15, 0.2) is 0 Å². The van der Waals surface area contributed by atoms with Gasteiger partial charge in [-0.15, -0.1) is 5.10 Å². The van der Waals surface area contributed by atoms with Gasteiger partial charge in [-0.1, -0.05) is 25.5 Å². The number of nitrogens with one attached hydrogen (secondary N) is 1. The van der Waals surface area contributed by atoms with Crippen LogP contribution in [0.5, 0.6) is 0 Å². The lowest BCUT2D eigenvalue weighted by molar-refractivity contribution is -0.121. The molecule has 0 fully saturated rings. The zero-order valence-corrected chi connectivity index (χ0v) is 16.6. The summed E-state index contributed by atoms with van der Waals surface area (Å²) in [5.41, 5.74) is 1.31. The SMILES string of the molecule is CCCCNC(=O)CN(C)S(=O)(=O)c1ccc2c(c1)nnn2[C@@H](C)CC. The summed E-state index contributed by atoms with van der Waals surface area (Å²) in [7, 11) is -2.38. The van der Waals surface area contributed by atoms with Crippen LogP contribution in [0.2, 0.25) is 0 Å². The summed E-state index contributed by atoms with van der Waals surface area (Å²) in [6, 6.07) is 4.92. The van der Waals surface area contributed by atoms with Crippen molar-refractivity contribution in [2.24, 2.45) is 0 Å². The van der Waals surface area contributed by atoms with Crippen LogP contribution in [0, 0.1) is 0 Å². The van der Waals surface area contributed by atoms with Gasteiger partial charge in [0.1, 0.15) is 5.52 Å². The molecule has 0 radical (unpaired) electrons. The summed E-state index contributed by atoms with van der Waals surface area (Å²) in [6.07, 6.45) is 2.73. The Morgan fingerprint density at radius 1 is 1.35 bits per heavy atom. The minimum atomic E-state index is -3.78. The lowest BCUT2D eigenvalue weighted by Crippen LogP contribution is -2.38. The molecule has 144 valence electrons. The van der Waals surface area contributed by atoms with E-state index in [1.54, 1.807) is 10.7 Å². The van der Waals surface area contributed by atoms with Crippen LogP contribution in [-0.4, -0.2) is 53.8 Å². The van der Waals surface area contributed by atoms with Crippen molar-refractivity contribution < 1.29 is 13.2 Å². The Kier molecular flexibility index (Phi) is 6.71. The van der Waals surface area contributed by atoms with Crippen LogP contribution >= 0.6 is 0 Å². The lowest BCUT2D eigenvalue weighted by Gasteiger charge is -2.17. The van der Waals surface area contributed by atoms with Gasteiger partial charge in [0.25, 0.3) is 0 Å². The molecule has 2 aromatic rings. The number of sulfonamides is 1. The Balaban J connectivity index is 2.19. The van der Waals surface area contributed by atoms with E-state index in [4.69, 9.17) is 0 Å². The molecule has 1 N–H and O–H groups in total. The van der Waals surface area contributed by atoms with E-state index < -0.39 is 10.0 Å². The van der Waals surface area contributed by atoms with Crippen LogP contribution in [-0.2, 0) is 14.8 Å². The Morgan fingerprint density at radius 3 is 2.73 bits per heavy atom. The Bertz CT molecular complexity index is 862. The molecular weight excluding hydrogens is 354 g/mol. The van der Waals surface area contributed by atoms with Crippen molar-refractivity contribution in [2.75, 3.05) is 20.1 Å². The van der Waals surface area contributed by atoms with Gasteiger partial charge in [-0.2, -0.15) is 4.31 Å². The first-order valence-electron chi connectivity index (χ1n) is 8.89. The maximum Gasteiger partial charge on any atom is 0.243 e. The number of amides is 1. The maximum atomic E-state index is 12.7.